The molecule has 1 aliphatic heterocycles. The van der Waals surface area contributed by atoms with Gasteiger partial charge in [-0.1, -0.05) is 39.3 Å². The normalized spacial score (nSPS) is 16.8. The van der Waals surface area contributed by atoms with Crippen LogP contribution in [0.15, 0.2) is 59.2 Å². The molecule has 1 aliphatic rings. The molecule has 26 heavy (non-hydrogen) atoms. The maximum Gasteiger partial charge on any atom is 0.177 e. The first-order valence-corrected chi connectivity index (χ1v) is 9.19. The number of aromatic nitrogens is 3. The fraction of sp³-hybridized carbons (Fsp3) is 0.263. The maximum absolute atomic E-state index is 5.92. The predicted molar refractivity (Wildman–Crippen MR) is 102 cm³/mol. The number of nitrogens with zero attached hydrogens (tertiary/aromatic N) is 4. The molecule has 1 unspecified atom stereocenters. The summed E-state index contributed by atoms with van der Waals surface area (Å²) in [4.78, 5) is 2.18. The molecule has 0 amide bonds. The molecule has 0 aliphatic carbocycles. The minimum absolute atomic E-state index is 0.238. The van der Waals surface area contributed by atoms with Crippen molar-refractivity contribution in [1.29, 1.82) is 0 Å². The van der Waals surface area contributed by atoms with Gasteiger partial charge < -0.3 is 14.4 Å². The summed E-state index contributed by atoms with van der Waals surface area (Å²) in [6.07, 6.45) is 1.71. The van der Waals surface area contributed by atoms with E-state index in [1.807, 2.05) is 41.2 Å². The van der Waals surface area contributed by atoms with Crippen molar-refractivity contribution >= 4 is 21.6 Å². The second-order valence-corrected chi connectivity index (χ2v) is 7.00. The zero-order valence-corrected chi connectivity index (χ0v) is 16.0. The molecule has 2 aromatic carbocycles. The van der Waals surface area contributed by atoms with Crippen LogP contribution in [0.3, 0.4) is 0 Å². The van der Waals surface area contributed by atoms with Gasteiger partial charge in [0.1, 0.15) is 11.4 Å². The van der Waals surface area contributed by atoms with Crippen LogP contribution < -0.4 is 9.64 Å². The minimum atomic E-state index is -0.238. The van der Waals surface area contributed by atoms with Crippen LogP contribution in [0.25, 0.3) is 0 Å². The Morgan fingerprint density at radius 3 is 2.96 bits per heavy atom. The van der Waals surface area contributed by atoms with Gasteiger partial charge in [-0.25, -0.2) is 4.68 Å². The Kier molecular flexibility index (Phi) is 4.90. The van der Waals surface area contributed by atoms with Crippen molar-refractivity contribution in [3.63, 3.8) is 0 Å². The molecule has 0 N–H and O–H groups in total. The van der Waals surface area contributed by atoms with Crippen molar-refractivity contribution in [3.05, 3.63) is 70.5 Å². The van der Waals surface area contributed by atoms with Crippen molar-refractivity contribution in [3.8, 4) is 5.75 Å². The molecular formula is C19H19BrN4O2. The summed E-state index contributed by atoms with van der Waals surface area (Å²) >= 11 is 3.50. The highest BCUT2D eigenvalue weighted by atomic mass is 79.9. The van der Waals surface area contributed by atoms with Crippen LogP contribution in [0, 0.1) is 0 Å². The van der Waals surface area contributed by atoms with E-state index in [1.54, 1.807) is 7.11 Å². The van der Waals surface area contributed by atoms with E-state index < -0.39 is 0 Å². The van der Waals surface area contributed by atoms with Gasteiger partial charge in [-0.05, 0) is 29.8 Å². The molecule has 0 bridgehead atoms. The Morgan fingerprint density at radius 2 is 2.12 bits per heavy atom. The molecule has 1 atom stereocenters. The smallest absolute Gasteiger partial charge is 0.177 e. The van der Waals surface area contributed by atoms with Gasteiger partial charge in [0.25, 0.3) is 0 Å². The van der Waals surface area contributed by atoms with E-state index in [4.69, 9.17) is 9.47 Å². The summed E-state index contributed by atoms with van der Waals surface area (Å²) in [5.74, 6) is 0.825. The highest BCUT2D eigenvalue weighted by molar-refractivity contribution is 9.10. The van der Waals surface area contributed by atoms with E-state index in [0.29, 0.717) is 13.2 Å². The highest BCUT2D eigenvalue weighted by Crippen LogP contribution is 2.32. The number of rotatable bonds is 5. The molecule has 1 aromatic heterocycles. The van der Waals surface area contributed by atoms with Gasteiger partial charge in [0.15, 0.2) is 6.23 Å². The average molecular weight is 415 g/mol. The van der Waals surface area contributed by atoms with Crippen molar-refractivity contribution in [2.75, 3.05) is 25.2 Å². The molecule has 4 rings (SSSR count). The Morgan fingerprint density at radius 1 is 1.23 bits per heavy atom. The summed E-state index contributed by atoms with van der Waals surface area (Å²) in [5.41, 5.74) is 3.02. The molecule has 6 nitrogen and oxygen atoms in total. The van der Waals surface area contributed by atoms with Crippen LogP contribution in [0.4, 0.5) is 5.69 Å². The van der Waals surface area contributed by atoms with Crippen molar-refractivity contribution in [2.24, 2.45) is 0 Å². The van der Waals surface area contributed by atoms with Crippen molar-refractivity contribution in [1.82, 2.24) is 15.0 Å². The SMILES string of the molecule is COc1cccc(N2CCOC2c2cn(Cc3cccc(Br)c3)nn2)c1. The predicted octanol–water partition coefficient (Wildman–Crippen LogP) is 3.63. The number of hydrogen-bond donors (Lipinski definition) is 0. The molecule has 0 radical (unpaired) electrons. The van der Waals surface area contributed by atoms with Gasteiger partial charge in [0, 0.05) is 22.8 Å². The topological polar surface area (TPSA) is 52.4 Å². The maximum atomic E-state index is 5.92. The van der Waals surface area contributed by atoms with Gasteiger partial charge in [0.05, 0.1) is 26.5 Å². The number of hydrogen-bond acceptors (Lipinski definition) is 5. The third-order valence-electron chi connectivity index (χ3n) is 4.32. The van der Waals surface area contributed by atoms with Crippen LogP contribution in [0.5, 0.6) is 5.75 Å². The summed E-state index contributed by atoms with van der Waals surface area (Å²) in [5, 5.41) is 8.61. The van der Waals surface area contributed by atoms with E-state index in [-0.39, 0.29) is 6.23 Å². The van der Waals surface area contributed by atoms with Crippen LogP contribution >= 0.6 is 15.9 Å². The largest absolute Gasteiger partial charge is 0.497 e. The fourth-order valence-corrected chi connectivity index (χ4v) is 3.54. The van der Waals surface area contributed by atoms with Crippen LogP contribution in [-0.2, 0) is 11.3 Å². The second-order valence-electron chi connectivity index (χ2n) is 6.09. The molecule has 1 fully saturated rings. The third kappa shape index (κ3) is 3.59. The standard InChI is InChI=1S/C19H19BrN4O2/c1-25-17-7-3-6-16(11-17)24-8-9-26-19(24)18-13-23(22-21-18)12-14-4-2-5-15(20)10-14/h2-7,10-11,13,19H,8-9,12H2,1H3. The number of benzene rings is 2. The van der Waals surface area contributed by atoms with Crippen LogP contribution in [-0.4, -0.2) is 35.3 Å². The van der Waals surface area contributed by atoms with Gasteiger partial charge in [-0.2, -0.15) is 0 Å². The monoisotopic (exact) mass is 414 g/mol. The molecule has 0 spiro atoms. The average Bonchev–Trinajstić information content (AvgIpc) is 3.31. The lowest BCUT2D eigenvalue weighted by Crippen LogP contribution is -2.23. The fourth-order valence-electron chi connectivity index (χ4n) is 3.09. The molecular weight excluding hydrogens is 396 g/mol. The summed E-state index contributed by atoms with van der Waals surface area (Å²) in [7, 11) is 1.67. The molecule has 2 heterocycles. The van der Waals surface area contributed by atoms with E-state index in [9.17, 15) is 0 Å². The van der Waals surface area contributed by atoms with E-state index in [0.717, 1.165) is 33.7 Å². The Labute approximate surface area is 160 Å². The highest BCUT2D eigenvalue weighted by Gasteiger charge is 2.29. The molecule has 7 heteroatoms. The first kappa shape index (κ1) is 17.1. The Bertz CT molecular complexity index is 899. The van der Waals surface area contributed by atoms with E-state index in [2.05, 4.69) is 49.3 Å². The minimum Gasteiger partial charge on any atom is -0.497 e. The lowest BCUT2D eigenvalue weighted by atomic mass is 10.2. The first-order valence-electron chi connectivity index (χ1n) is 8.40. The number of halogens is 1. The van der Waals surface area contributed by atoms with Gasteiger partial charge >= 0.3 is 0 Å². The van der Waals surface area contributed by atoms with Crippen molar-refractivity contribution in [2.45, 2.75) is 12.8 Å². The molecule has 134 valence electrons. The summed E-state index contributed by atoms with van der Waals surface area (Å²) in [6, 6.07) is 16.1. The zero-order valence-electron chi connectivity index (χ0n) is 14.4. The number of ether oxygens (including phenoxy) is 2. The van der Waals surface area contributed by atoms with Crippen molar-refractivity contribution < 1.29 is 9.47 Å². The molecule has 3 aromatic rings. The Hall–Kier alpha value is -2.38. The second kappa shape index (κ2) is 7.47. The summed E-state index contributed by atoms with van der Waals surface area (Å²) < 4.78 is 14.1. The lowest BCUT2D eigenvalue weighted by molar-refractivity contribution is 0.110. The van der Waals surface area contributed by atoms with Crippen LogP contribution in [0.1, 0.15) is 17.5 Å². The Balaban J connectivity index is 1.54. The van der Waals surface area contributed by atoms with Gasteiger partial charge in [0.2, 0.25) is 0 Å². The third-order valence-corrected chi connectivity index (χ3v) is 4.81. The van der Waals surface area contributed by atoms with E-state index >= 15 is 0 Å². The molecule has 1 saturated heterocycles. The quantitative estimate of drug-likeness (QED) is 0.637. The van der Waals surface area contributed by atoms with Crippen LogP contribution in [0.2, 0.25) is 0 Å². The number of methoxy groups -OCH3 is 1. The molecule has 0 saturated carbocycles. The summed E-state index contributed by atoms with van der Waals surface area (Å²) in [6.45, 7) is 2.12. The van der Waals surface area contributed by atoms with E-state index in [1.165, 1.54) is 0 Å². The lowest BCUT2D eigenvalue weighted by Gasteiger charge is -2.23. The van der Waals surface area contributed by atoms with Gasteiger partial charge in [-0.3, -0.25) is 0 Å². The zero-order chi connectivity index (χ0) is 17.9. The first-order chi connectivity index (χ1) is 12.7. The number of anilines is 1. The van der Waals surface area contributed by atoms with Gasteiger partial charge in [-0.15, -0.1) is 5.10 Å².